The highest BCUT2D eigenvalue weighted by atomic mass is 32.2. The molecular weight excluding hydrogens is 342 g/mol. The van der Waals surface area contributed by atoms with Crippen molar-refractivity contribution in [3.05, 3.63) is 47.6 Å². The second-order valence-electron chi connectivity index (χ2n) is 4.91. The number of carbonyl (C=O) groups excluding carboxylic acids is 1. The molecule has 0 unspecified atom stereocenters. The summed E-state index contributed by atoms with van der Waals surface area (Å²) in [7, 11) is 0. The Bertz CT molecular complexity index is 786. The van der Waals surface area contributed by atoms with Crippen LogP contribution < -0.4 is 5.32 Å². The van der Waals surface area contributed by atoms with Gasteiger partial charge in [0.25, 0.3) is 0 Å². The molecule has 0 saturated carbocycles. The first kappa shape index (κ1) is 16.7. The van der Waals surface area contributed by atoms with E-state index in [0.717, 1.165) is 28.1 Å². The number of nitrogens with zero attached hydrogens (tertiary/aromatic N) is 4. The van der Waals surface area contributed by atoms with E-state index < -0.39 is 0 Å². The maximum atomic E-state index is 12.0. The van der Waals surface area contributed by atoms with Crippen molar-refractivity contribution in [1.29, 1.82) is 0 Å². The molecule has 3 aromatic rings. The molecule has 124 valence electrons. The van der Waals surface area contributed by atoms with Crippen LogP contribution in [0, 0.1) is 0 Å². The van der Waals surface area contributed by atoms with E-state index in [4.69, 9.17) is 0 Å². The van der Waals surface area contributed by atoms with Gasteiger partial charge in [-0.2, -0.15) is 0 Å². The molecule has 3 heterocycles. The molecule has 3 aromatic heterocycles. The predicted molar refractivity (Wildman–Crippen MR) is 95.8 cm³/mol. The number of thioether (sulfide) groups is 1. The lowest BCUT2D eigenvalue weighted by Gasteiger charge is -2.07. The van der Waals surface area contributed by atoms with Crippen molar-refractivity contribution in [3.8, 4) is 10.7 Å². The van der Waals surface area contributed by atoms with Gasteiger partial charge in [0.15, 0.2) is 11.0 Å². The van der Waals surface area contributed by atoms with E-state index in [9.17, 15) is 4.79 Å². The summed E-state index contributed by atoms with van der Waals surface area (Å²) in [4.78, 5) is 17.3. The van der Waals surface area contributed by atoms with Crippen molar-refractivity contribution in [2.45, 2.75) is 25.2 Å². The molecule has 0 bridgehead atoms. The van der Waals surface area contributed by atoms with Gasteiger partial charge < -0.3 is 9.88 Å². The zero-order valence-electron chi connectivity index (χ0n) is 13.2. The van der Waals surface area contributed by atoms with E-state index >= 15 is 0 Å². The highest BCUT2D eigenvalue weighted by Crippen LogP contribution is 2.26. The van der Waals surface area contributed by atoms with Crippen molar-refractivity contribution in [1.82, 2.24) is 25.1 Å². The van der Waals surface area contributed by atoms with Crippen LogP contribution in [0.5, 0.6) is 0 Å². The van der Waals surface area contributed by atoms with Crippen molar-refractivity contribution in [2.75, 3.05) is 5.75 Å². The van der Waals surface area contributed by atoms with Gasteiger partial charge in [-0.15, -0.1) is 21.5 Å². The molecule has 6 nitrogen and oxygen atoms in total. The molecule has 0 aliphatic rings. The summed E-state index contributed by atoms with van der Waals surface area (Å²) >= 11 is 3.02. The van der Waals surface area contributed by atoms with Gasteiger partial charge in [-0.25, -0.2) is 0 Å². The third-order valence-electron chi connectivity index (χ3n) is 3.30. The van der Waals surface area contributed by atoms with E-state index in [1.54, 1.807) is 17.5 Å². The zero-order chi connectivity index (χ0) is 16.8. The Morgan fingerprint density at radius 1 is 1.29 bits per heavy atom. The third-order valence-corrected chi connectivity index (χ3v) is 5.13. The second kappa shape index (κ2) is 8.07. The molecule has 0 aliphatic heterocycles. The first-order valence-electron chi connectivity index (χ1n) is 7.54. The molecule has 0 aromatic carbocycles. The smallest absolute Gasteiger partial charge is 0.230 e. The summed E-state index contributed by atoms with van der Waals surface area (Å²) in [5.41, 5.74) is 0.840. The van der Waals surface area contributed by atoms with Crippen LogP contribution in [0.25, 0.3) is 10.7 Å². The van der Waals surface area contributed by atoms with E-state index in [1.165, 1.54) is 11.8 Å². The van der Waals surface area contributed by atoms with Crippen LogP contribution in [-0.2, 0) is 17.9 Å². The van der Waals surface area contributed by atoms with Crippen molar-refractivity contribution in [2.24, 2.45) is 0 Å². The van der Waals surface area contributed by atoms with Crippen LogP contribution in [-0.4, -0.2) is 31.4 Å². The molecule has 1 N–H and O–H groups in total. The van der Waals surface area contributed by atoms with Gasteiger partial charge in [0.1, 0.15) is 0 Å². The second-order valence-corrected chi connectivity index (χ2v) is 6.80. The maximum Gasteiger partial charge on any atom is 0.230 e. The van der Waals surface area contributed by atoms with Gasteiger partial charge >= 0.3 is 0 Å². The number of rotatable bonds is 7. The first-order valence-corrected chi connectivity index (χ1v) is 9.41. The number of carbonyl (C=O) groups is 1. The van der Waals surface area contributed by atoms with E-state index in [-0.39, 0.29) is 5.91 Å². The number of hydrogen-bond donors (Lipinski definition) is 1. The fourth-order valence-corrected chi connectivity index (χ4v) is 3.69. The molecule has 0 aliphatic carbocycles. The van der Waals surface area contributed by atoms with Crippen molar-refractivity contribution in [3.63, 3.8) is 0 Å². The van der Waals surface area contributed by atoms with Crippen LogP contribution in [0.2, 0.25) is 0 Å². The number of amides is 1. The quantitative estimate of drug-likeness (QED) is 0.657. The Morgan fingerprint density at radius 3 is 2.92 bits per heavy atom. The number of hydrogen-bond acceptors (Lipinski definition) is 6. The Morgan fingerprint density at radius 2 is 2.21 bits per heavy atom. The van der Waals surface area contributed by atoms with Crippen LogP contribution in [0.4, 0.5) is 0 Å². The van der Waals surface area contributed by atoms with Gasteiger partial charge in [-0.3, -0.25) is 9.78 Å². The van der Waals surface area contributed by atoms with Crippen LogP contribution in [0.3, 0.4) is 0 Å². The summed E-state index contributed by atoms with van der Waals surface area (Å²) in [6.07, 6.45) is 1.71. The fraction of sp³-hybridized carbons (Fsp3) is 0.250. The summed E-state index contributed by atoms with van der Waals surface area (Å²) in [6.45, 7) is 3.24. The molecule has 0 fully saturated rings. The highest BCUT2D eigenvalue weighted by Gasteiger charge is 2.15. The molecule has 0 spiro atoms. The van der Waals surface area contributed by atoms with Crippen molar-refractivity contribution >= 4 is 29.0 Å². The lowest BCUT2D eigenvalue weighted by atomic mass is 10.3. The minimum atomic E-state index is -0.0472. The molecule has 0 saturated heterocycles. The summed E-state index contributed by atoms with van der Waals surface area (Å²) in [5.74, 6) is 1.10. The zero-order valence-corrected chi connectivity index (χ0v) is 14.8. The maximum absolute atomic E-state index is 12.0. The van der Waals surface area contributed by atoms with Gasteiger partial charge in [-0.1, -0.05) is 23.9 Å². The predicted octanol–water partition coefficient (Wildman–Crippen LogP) is 2.83. The minimum Gasteiger partial charge on any atom is -0.350 e. The molecule has 0 radical (unpaired) electrons. The molecule has 3 rings (SSSR count). The monoisotopic (exact) mass is 359 g/mol. The van der Waals surface area contributed by atoms with E-state index in [1.807, 2.05) is 47.2 Å². The average molecular weight is 359 g/mol. The molecular formula is C16H17N5OS2. The first-order chi connectivity index (χ1) is 11.8. The standard InChI is InChI=1S/C16H17N5OS2/c1-2-21-15(13-7-5-9-23-13)19-20-16(21)24-11-14(22)18-10-12-6-3-4-8-17-12/h3-9H,2,10-11H2,1H3,(H,18,22). The highest BCUT2D eigenvalue weighted by molar-refractivity contribution is 7.99. The van der Waals surface area contributed by atoms with Gasteiger partial charge in [-0.05, 0) is 30.5 Å². The van der Waals surface area contributed by atoms with Crippen LogP contribution >= 0.6 is 23.1 Å². The normalized spacial score (nSPS) is 10.7. The van der Waals surface area contributed by atoms with Crippen LogP contribution in [0.15, 0.2) is 47.1 Å². The Hall–Kier alpha value is -2.19. The topological polar surface area (TPSA) is 72.7 Å². The Labute approximate surface area is 148 Å². The van der Waals surface area contributed by atoms with E-state index in [2.05, 4.69) is 20.5 Å². The number of nitrogens with one attached hydrogen (secondary N) is 1. The Kier molecular flexibility index (Phi) is 5.60. The largest absolute Gasteiger partial charge is 0.350 e. The minimum absolute atomic E-state index is 0.0472. The molecule has 1 amide bonds. The van der Waals surface area contributed by atoms with E-state index in [0.29, 0.717) is 12.3 Å². The summed E-state index contributed by atoms with van der Waals surface area (Å²) < 4.78 is 2.03. The lowest BCUT2D eigenvalue weighted by Crippen LogP contribution is -2.25. The molecule has 8 heteroatoms. The molecule has 0 atom stereocenters. The summed E-state index contributed by atoms with van der Waals surface area (Å²) in [6, 6.07) is 9.65. The number of pyridine rings is 1. The van der Waals surface area contributed by atoms with Gasteiger partial charge in [0, 0.05) is 12.7 Å². The SMILES string of the molecule is CCn1c(SCC(=O)NCc2ccccn2)nnc1-c1cccs1. The fourth-order valence-electron chi connectivity index (χ4n) is 2.14. The average Bonchev–Trinajstić information content (AvgIpc) is 3.27. The lowest BCUT2D eigenvalue weighted by molar-refractivity contribution is -0.118. The van der Waals surface area contributed by atoms with Crippen molar-refractivity contribution < 1.29 is 4.79 Å². The Balaban J connectivity index is 1.57. The summed E-state index contributed by atoms with van der Waals surface area (Å²) in [5, 5.41) is 14.1. The van der Waals surface area contributed by atoms with Crippen LogP contribution in [0.1, 0.15) is 12.6 Å². The third kappa shape index (κ3) is 4.01. The van der Waals surface area contributed by atoms with Gasteiger partial charge in [0.05, 0.1) is 22.9 Å². The molecule has 24 heavy (non-hydrogen) atoms. The number of thiophene rings is 1. The van der Waals surface area contributed by atoms with Gasteiger partial charge in [0.2, 0.25) is 5.91 Å². The number of aromatic nitrogens is 4.